The van der Waals surface area contributed by atoms with Crippen LogP contribution >= 0.6 is 41.3 Å². The summed E-state index contributed by atoms with van der Waals surface area (Å²) in [5.74, 6) is 0.429. The molecule has 1 atom stereocenters. The van der Waals surface area contributed by atoms with Crippen molar-refractivity contribution < 1.29 is 9.05 Å². The van der Waals surface area contributed by atoms with Gasteiger partial charge in [0.1, 0.15) is 5.75 Å². The lowest BCUT2D eigenvalue weighted by molar-refractivity contribution is 0.402. The number of benzene rings is 2. The van der Waals surface area contributed by atoms with Crippen LogP contribution in [0.4, 0.5) is 0 Å². The summed E-state index contributed by atoms with van der Waals surface area (Å²) in [5.41, 5.74) is 0. The van der Waals surface area contributed by atoms with Crippen molar-refractivity contribution in [2.45, 2.75) is 0 Å². The maximum atomic E-state index is 5.98. The van der Waals surface area contributed by atoms with Gasteiger partial charge in [-0.25, -0.2) is 0 Å². The minimum Gasteiger partial charge on any atom is -0.440 e. The molecule has 0 aliphatic heterocycles. The van der Waals surface area contributed by atoms with E-state index in [1.165, 1.54) is 7.11 Å². The van der Waals surface area contributed by atoms with Crippen LogP contribution in [-0.4, -0.2) is 7.11 Å². The Labute approximate surface area is 137 Å². The summed E-state index contributed by atoms with van der Waals surface area (Å²) < 4.78 is 11.3. The van der Waals surface area contributed by atoms with Crippen molar-refractivity contribution in [2.24, 2.45) is 0 Å². The van der Waals surface area contributed by atoms with Gasteiger partial charge in [-0.05, 0) is 23.9 Å². The lowest BCUT2D eigenvalue weighted by atomic mass is 10.3. The molecule has 0 fully saturated rings. The maximum absolute atomic E-state index is 5.98. The predicted molar refractivity (Wildman–Crippen MR) is 89.5 cm³/mol. The monoisotopic (exact) mass is 366 g/mol. The highest BCUT2D eigenvalue weighted by molar-refractivity contribution is 8.13. The number of hydrogen-bond donors (Lipinski definition) is 0. The van der Waals surface area contributed by atoms with Gasteiger partial charge in [-0.15, -0.1) is 0 Å². The van der Waals surface area contributed by atoms with Gasteiger partial charge in [-0.2, -0.15) is 0 Å². The van der Waals surface area contributed by atoms with Crippen LogP contribution in [0, 0.1) is 0 Å². The average Bonchev–Trinajstić information content (AvgIpc) is 2.45. The van der Waals surface area contributed by atoms with Crippen molar-refractivity contribution in [3.05, 3.63) is 57.5 Å². The normalized spacial score (nSPS) is 13.8. The van der Waals surface area contributed by atoms with Crippen molar-refractivity contribution in [1.82, 2.24) is 0 Å². The highest BCUT2D eigenvalue weighted by Crippen LogP contribution is 2.48. The van der Waals surface area contributed by atoms with Crippen LogP contribution in [0.3, 0.4) is 0 Å². The summed E-state index contributed by atoms with van der Waals surface area (Å²) in [5, 5.41) is 1.70. The molecule has 0 saturated heterocycles. The van der Waals surface area contributed by atoms with E-state index in [2.05, 4.69) is 0 Å². The zero-order chi connectivity index (χ0) is 14.8. The Morgan fingerprint density at radius 3 is 2.05 bits per heavy atom. The Morgan fingerprint density at radius 2 is 1.55 bits per heavy atom. The van der Waals surface area contributed by atoms with E-state index in [0.717, 1.165) is 5.30 Å². The van der Waals surface area contributed by atoms with E-state index in [-0.39, 0.29) is 5.02 Å². The summed E-state index contributed by atoms with van der Waals surface area (Å²) >= 11 is 23.4. The van der Waals surface area contributed by atoms with Gasteiger partial charge < -0.3 is 9.05 Å². The molecule has 20 heavy (non-hydrogen) atoms. The number of hydrogen-bond acceptors (Lipinski definition) is 3. The summed E-state index contributed by atoms with van der Waals surface area (Å²) in [6, 6.07) is 12.5. The highest BCUT2D eigenvalue weighted by Gasteiger charge is 2.22. The lowest BCUT2D eigenvalue weighted by Crippen LogP contribution is -2.10. The van der Waals surface area contributed by atoms with E-state index >= 15 is 0 Å². The molecule has 2 aromatic rings. The van der Waals surface area contributed by atoms with E-state index in [0.29, 0.717) is 15.8 Å². The van der Waals surface area contributed by atoms with Gasteiger partial charge in [-0.1, -0.05) is 53.0 Å². The molecule has 106 valence electrons. The molecule has 0 bridgehead atoms. The average molecular weight is 368 g/mol. The molecule has 0 saturated carbocycles. The fourth-order valence-corrected chi connectivity index (χ4v) is 4.04. The number of halogens is 3. The standard InChI is InChI=1S/C13H10Cl3O2PS/c1-17-19(20,10-5-3-2-4-6-10)18-9-7-11(14)13(16)12(15)8-9/h2-8H,1H3. The Kier molecular flexibility index (Phi) is 5.36. The fourth-order valence-electron chi connectivity index (χ4n) is 1.53. The van der Waals surface area contributed by atoms with Gasteiger partial charge in [0.05, 0.1) is 15.1 Å². The molecule has 0 radical (unpaired) electrons. The fraction of sp³-hybridized carbons (Fsp3) is 0.0769. The van der Waals surface area contributed by atoms with Gasteiger partial charge in [-0.3, -0.25) is 0 Å². The van der Waals surface area contributed by atoms with Gasteiger partial charge >= 0.3 is 0 Å². The van der Waals surface area contributed by atoms with Crippen molar-refractivity contribution in [2.75, 3.05) is 7.11 Å². The van der Waals surface area contributed by atoms with E-state index in [4.69, 9.17) is 55.7 Å². The molecule has 2 nitrogen and oxygen atoms in total. The molecule has 0 amide bonds. The second kappa shape index (κ2) is 6.65. The van der Waals surface area contributed by atoms with Crippen LogP contribution in [0.25, 0.3) is 0 Å². The first-order valence-electron chi connectivity index (χ1n) is 5.52. The van der Waals surface area contributed by atoms with E-state index < -0.39 is 6.49 Å². The lowest BCUT2D eigenvalue weighted by Gasteiger charge is -2.21. The van der Waals surface area contributed by atoms with Crippen molar-refractivity contribution in [1.29, 1.82) is 0 Å². The Hall–Kier alpha value is -0.280. The van der Waals surface area contributed by atoms with E-state index in [1.54, 1.807) is 12.1 Å². The van der Waals surface area contributed by atoms with Crippen molar-refractivity contribution in [3.8, 4) is 5.75 Å². The summed E-state index contributed by atoms with van der Waals surface area (Å²) in [7, 11) is 1.52. The van der Waals surface area contributed by atoms with Crippen molar-refractivity contribution in [3.63, 3.8) is 0 Å². The summed E-state index contributed by atoms with van der Waals surface area (Å²) in [4.78, 5) is 0. The van der Waals surface area contributed by atoms with Gasteiger partial charge in [0.2, 0.25) is 0 Å². The molecular weight excluding hydrogens is 358 g/mol. The highest BCUT2D eigenvalue weighted by atomic mass is 35.5. The molecule has 1 unspecified atom stereocenters. The first-order valence-corrected chi connectivity index (χ1v) is 9.29. The molecular formula is C13H10Cl3O2PS. The third-order valence-electron chi connectivity index (χ3n) is 2.50. The van der Waals surface area contributed by atoms with Crippen LogP contribution in [0.15, 0.2) is 42.5 Å². The molecule has 0 aliphatic carbocycles. The van der Waals surface area contributed by atoms with Gasteiger partial charge in [0.25, 0.3) is 6.49 Å². The second-order valence-corrected chi connectivity index (χ2v) is 8.50. The summed E-state index contributed by atoms with van der Waals surface area (Å²) in [6.45, 7) is -2.66. The topological polar surface area (TPSA) is 18.5 Å². The molecule has 0 aliphatic rings. The van der Waals surface area contributed by atoms with Crippen LogP contribution < -0.4 is 9.83 Å². The van der Waals surface area contributed by atoms with Crippen molar-refractivity contribution >= 4 is 58.4 Å². The smallest absolute Gasteiger partial charge is 0.268 e. The molecule has 2 rings (SSSR count). The van der Waals surface area contributed by atoms with Gasteiger partial charge in [0.15, 0.2) is 0 Å². The van der Waals surface area contributed by atoms with Crippen LogP contribution in [0.5, 0.6) is 5.75 Å². The molecule has 0 aromatic heterocycles. The van der Waals surface area contributed by atoms with Crippen LogP contribution in [-0.2, 0) is 16.3 Å². The Bertz CT molecular complexity index is 641. The molecule has 0 N–H and O–H groups in total. The Balaban J connectivity index is 2.39. The van der Waals surface area contributed by atoms with E-state index in [1.807, 2.05) is 30.3 Å². The van der Waals surface area contributed by atoms with Gasteiger partial charge in [0, 0.05) is 24.5 Å². The molecule has 7 heteroatoms. The predicted octanol–water partition coefficient (Wildman–Crippen LogP) is 5.31. The van der Waals surface area contributed by atoms with E-state index in [9.17, 15) is 0 Å². The minimum absolute atomic E-state index is 0.283. The third-order valence-corrected chi connectivity index (χ3v) is 6.86. The zero-order valence-corrected chi connectivity index (χ0v) is 14.3. The SMILES string of the molecule is COP(=S)(Oc1cc(Cl)c(Cl)c(Cl)c1)c1ccccc1. The molecule has 0 heterocycles. The number of rotatable bonds is 4. The third kappa shape index (κ3) is 3.48. The largest absolute Gasteiger partial charge is 0.440 e. The minimum atomic E-state index is -2.66. The molecule has 0 spiro atoms. The quantitative estimate of drug-likeness (QED) is 0.539. The Morgan fingerprint density at radius 1 is 1.00 bits per heavy atom. The first-order chi connectivity index (χ1) is 9.46. The van der Waals surface area contributed by atoms with Crippen LogP contribution in [0.1, 0.15) is 0 Å². The second-order valence-electron chi connectivity index (χ2n) is 3.81. The van der Waals surface area contributed by atoms with Crippen LogP contribution in [0.2, 0.25) is 15.1 Å². The zero-order valence-electron chi connectivity index (χ0n) is 10.3. The summed E-state index contributed by atoms with van der Waals surface area (Å²) in [6.07, 6.45) is 0. The maximum Gasteiger partial charge on any atom is 0.268 e. The first kappa shape index (κ1) is 16.1. The molecule has 2 aromatic carbocycles.